The summed E-state index contributed by atoms with van der Waals surface area (Å²) in [5.74, 6) is 5.05. The number of fused-ring (bicyclic) bond motifs is 1. The molecular weight excluding hydrogens is 162 g/mol. The number of benzene rings is 1. The van der Waals surface area contributed by atoms with Crippen LogP contribution in [-0.2, 0) is 0 Å². The van der Waals surface area contributed by atoms with E-state index in [4.69, 9.17) is 5.84 Å². The molecule has 0 bridgehead atoms. The fourth-order valence-corrected chi connectivity index (χ4v) is 1.24. The van der Waals surface area contributed by atoms with Crippen molar-refractivity contribution in [2.24, 2.45) is 10.9 Å². The molecule has 1 heterocycles. The Balaban J connectivity index is 2.62. The lowest BCUT2D eigenvalue weighted by atomic mass is 10.2. The molecule has 0 fully saturated rings. The van der Waals surface area contributed by atoms with E-state index in [1.165, 1.54) is 0 Å². The SMILES string of the molecule is NN=Cc1cnc2ccccc2c1. The predicted octanol–water partition coefficient (Wildman–Crippen LogP) is 1.53. The molecule has 0 aliphatic carbocycles. The maximum Gasteiger partial charge on any atom is 0.0702 e. The van der Waals surface area contributed by atoms with Gasteiger partial charge in [-0.05, 0) is 12.1 Å². The Morgan fingerprint density at radius 2 is 2.15 bits per heavy atom. The molecule has 0 amide bonds. The van der Waals surface area contributed by atoms with Gasteiger partial charge in [-0.15, -0.1) is 0 Å². The largest absolute Gasteiger partial charge is 0.323 e. The number of nitrogens with two attached hydrogens (primary N) is 1. The number of aromatic nitrogens is 1. The van der Waals surface area contributed by atoms with Crippen LogP contribution in [0.1, 0.15) is 5.56 Å². The quantitative estimate of drug-likeness (QED) is 0.402. The number of para-hydroxylation sites is 1. The van der Waals surface area contributed by atoms with Gasteiger partial charge < -0.3 is 5.84 Å². The molecule has 1 aromatic carbocycles. The lowest BCUT2D eigenvalue weighted by Gasteiger charge is -1.96. The maximum absolute atomic E-state index is 5.05. The molecule has 0 saturated carbocycles. The van der Waals surface area contributed by atoms with E-state index < -0.39 is 0 Å². The molecule has 2 aromatic rings. The lowest BCUT2D eigenvalue weighted by Crippen LogP contribution is -1.88. The summed E-state index contributed by atoms with van der Waals surface area (Å²) < 4.78 is 0. The normalized spacial score (nSPS) is 11.1. The monoisotopic (exact) mass is 171 g/mol. The van der Waals surface area contributed by atoms with Crippen LogP contribution in [0.2, 0.25) is 0 Å². The van der Waals surface area contributed by atoms with E-state index in [1.54, 1.807) is 12.4 Å². The smallest absolute Gasteiger partial charge is 0.0702 e. The van der Waals surface area contributed by atoms with Crippen LogP contribution in [0.15, 0.2) is 41.6 Å². The van der Waals surface area contributed by atoms with Crippen LogP contribution in [0.5, 0.6) is 0 Å². The highest BCUT2D eigenvalue weighted by Gasteiger charge is 1.93. The topological polar surface area (TPSA) is 51.3 Å². The van der Waals surface area contributed by atoms with Crippen molar-refractivity contribution in [1.29, 1.82) is 0 Å². The second kappa shape index (κ2) is 3.23. The summed E-state index contributed by atoms with van der Waals surface area (Å²) >= 11 is 0. The molecule has 0 saturated heterocycles. The summed E-state index contributed by atoms with van der Waals surface area (Å²) in [6, 6.07) is 9.92. The van der Waals surface area contributed by atoms with Gasteiger partial charge in [0.2, 0.25) is 0 Å². The molecule has 2 rings (SSSR count). The number of pyridine rings is 1. The zero-order valence-electron chi connectivity index (χ0n) is 7.01. The van der Waals surface area contributed by atoms with Gasteiger partial charge in [0.15, 0.2) is 0 Å². The van der Waals surface area contributed by atoms with E-state index in [2.05, 4.69) is 10.1 Å². The van der Waals surface area contributed by atoms with Crippen molar-refractivity contribution in [2.75, 3.05) is 0 Å². The van der Waals surface area contributed by atoms with Crippen LogP contribution < -0.4 is 5.84 Å². The van der Waals surface area contributed by atoms with Crippen LogP contribution >= 0.6 is 0 Å². The van der Waals surface area contributed by atoms with Crippen LogP contribution in [0.25, 0.3) is 10.9 Å². The van der Waals surface area contributed by atoms with Crippen molar-refractivity contribution in [3.63, 3.8) is 0 Å². The summed E-state index contributed by atoms with van der Waals surface area (Å²) in [4.78, 5) is 4.25. The average Bonchev–Trinajstić information content (AvgIpc) is 2.18. The molecule has 0 spiro atoms. The van der Waals surface area contributed by atoms with E-state index in [1.807, 2.05) is 30.3 Å². The highest BCUT2D eigenvalue weighted by molar-refractivity contribution is 5.87. The van der Waals surface area contributed by atoms with E-state index in [9.17, 15) is 0 Å². The third kappa shape index (κ3) is 1.49. The van der Waals surface area contributed by atoms with E-state index in [-0.39, 0.29) is 0 Å². The molecule has 0 radical (unpaired) electrons. The van der Waals surface area contributed by atoms with Gasteiger partial charge in [0, 0.05) is 17.1 Å². The first-order valence-corrected chi connectivity index (χ1v) is 3.98. The lowest BCUT2D eigenvalue weighted by molar-refractivity contribution is 1.26. The Labute approximate surface area is 75.9 Å². The Kier molecular flexibility index (Phi) is 1.92. The standard InChI is InChI=1S/C10H9N3/c11-13-7-8-5-9-3-1-2-4-10(9)12-6-8/h1-7H,11H2. The molecular formula is C10H9N3. The number of rotatable bonds is 1. The van der Waals surface area contributed by atoms with Crippen molar-refractivity contribution in [1.82, 2.24) is 4.98 Å². The molecule has 3 heteroatoms. The first kappa shape index (κ1) is 7.73. The van der Waals surface area contributed by atoms with Crippen molar-refractivity contribution >= 4 is 17.1 Å². The van der Waals surface area contributed by atoms with Gasteiger partial charge >= 0.3 is 0 Å². The zero-order chi connectivity index (χ0) is 9.10. The number of nitrogens with zero attached hydrogens (tertiary/aromatic N) is 2. The fourth-order valence-electron chi connectivity index (χ4n) is 1.24. The summed E-state index contributed by atoms with van der Waals surface area (Å²) in [5, 5.41) is 4.54. The minimum Gasteiger partial charge on any atom is -0.323 e. The van der Waals surface area contributed by atoms with Crippen molar-refractivity contribution in [2.45, 2.75) is 0 Å². The highest BCUT2D eigenvalue weighted by Crippen LogP contribution is 2.11. The van der Waals surface area contributed by atoms with Crippen molar-refractivity contribution < 1.29 is 0 Å². The van der Waals surface area contributed by atoms with E-state index >= 15 is 0 Å². The molecule has 0 aliphatic heterocycles. The summed E-state index contributed by atoms with van der Waals surface area (Å²) in [5.41, 5.74) is 1.90. The minimum absolute atomic E-state index is 0.918. The third-order valence-electron chi connectivity index (χ3n) is 1.84. The Morgan fingerprint density at radius 1 is 1.31 bits per heavy atom. The van der Waals surface area contributed by atoms with Gasteiger partial charge in [0.1, 0.15) is 0 Å². The summed E-state index contributed by atoms with van der Waals surface area (Å²) in [7, 11) is 0. The Bertz CT molecular complexity index is 449. The predicted molar refractivity (Wildman–Crippen MR) is 53.5 cm³/mol. The first-order valence-electron chi connectivity index (χ1n) is 3.98. The van der Waals surface area contributed by atoms with E-state index in [0.29, 0.717) is 0 Å². The zero-order valence-corrected chi connectivity index (χ0v) is 7.01. The van der Waals surface area contributed by atoms with Crippen LogP contribution in [0.3, 0.4) is 0 Å². The van der Waals surface area contributed by atoms with Crippen LogP contribution in [0, 0.1) is 0 Å². The third-order valence-corrected chi connectivity index (χ3v) is 1.84. The maximum atomic E-state index is 5.05. The molecule has 0 aliphatic rings. The minimum atomic E-state index is 0.918. The first-order chi connectivity index (χ1) is 6.40. The molecule has 0 unspecified atom stereocenters. The van der Waals surface area contributed by atoms with Gasteiger partial charge in [-0.25, -0.2) is 0 Å². The van der Waals surface area contributed by atoms with Gasteiger partial charge in [-0.2, -0.15) is 5.10 Å². The van der Waals surface area contributed by atoms with Crippen LogP contribution in [0.4, 0.5) is 0 Å². The Hall–Kier alpha value is -1.90. The average molecular weight is 171 g/mol. The second-order valence-corrected chi connectivity index (χ2v) is 2.74. The van der Waals surface area contributed by atoms with Crippen molar-refractivity contribution in [3.8, 4) is 0 Å². The molecule has 3 nitrogen and oxygen atoms in total. The van der Waals surface area contributed by atoms with Gasteiger partial charge in [0.05, 0.1) is 11.7 Å². The van der Waals surface area contributed by atoms with Gasteiger partial charge in [-0.1, -0.05) is 18.2 Å². The van der Waals surface area contributed by atoms with Gasteiger partial charge in [0.25, 0.3) is 0 Å². The highest BCUT2D eigenvalue weighted by atomic mass is 15.1. The molecule has 13 heavy (non-hydrogen) atoms. The molecule has 2 N–H and O–H groups in total. The number of hydrogen-bond donors (Lipinski definition) is 1. The second-order valence-electron chi connectivity index (χ2n) is 2.74. The number of hydrogen-bond acceptors (Lipinski definition) is 3. The van der Waals surface area contributed by atoms with E-state index in [0.717, 1.165) is 16.5 Å². The number of hydrazone groups is 1. The molecule has 0 atom stereocenters. The Morgan fingerprint density at radius 3 is 3.00 bits per heavy atom. The summed E-state index contributed by atoms with van der Waals surface area (Å²) in [6.07, 6.45) is 3.33. The van der Waals surface area contributed by atoms with Gasteiger partial charge in [-0.3, -0.25) is 4.98 Å². The molecule has 64 valence electrons. The summed E-state index contributed by atoms with van der Waals surface area (Å²) in [6.45, 7) is 0. The fraction of sp³-hybridized carbons (Fsp3) is 0. The van der Waals surface area contributed by atoms with Crippen LogP contribution in [-0.4, -0.2) is 11.2 Å². The van der Waals surface area contributed by atoms with Crippen molar-refractivity contribution in [3.05, 3.63) is 42.1 Å². The molecule has 1 aromatic heterocycles.